The Labute approximate surface area is 151 Å². The quantitative estimate of drug-likeness (QED) is 0.806. The molecule has 0 radical (unpaired) electrons. The van der Waals surface area contributed by atoms with Crippen LogP contribution in [0.1, 0.15) is 66.9 Å². The number of piperidine rings is 1. The van der Waals surface area contributed by atoms with E-state index in [1.165, 1.54) is 24.0 Å². The fourth-order valence-electron chi connectivity index (χ4n) is 3.96. The Hall–Kier alpha value is -1.84. The maximum Gasteiger partial charge on any atom is 0.253 e. The SMILES string of the molecule is CCCCCNC(=O)C1CCN(C(=O)c2ccc3c(c2)CCC3)CC1. The lowest BCUT2D eigenvalue weighted by atomic mass is 9.95. The highest BCUT2D eigenvalue weighted by atomic mass is 16.2. The Bertz CT molecular complexity index is 618. The summed E-state index contributed by atoms with van der Waals surface area (Å²) in [5, 5.41) is 3.05. The van der Waals surface area contributed by atoms with Gasteiger partial charge < -0.3 is 10.2 Å². The van der Waals surface area contributed by atoms with Crippen LogP contribution in [0.15, 0.2) is 18.2 Å². The highest BCUT2D eigenvalue weighted by molar-refractivity contribution is 5.94. The van der Waals surface area contributed by atoms with Crippen molar-refractivity contribution in [3.8, 4) is 0 Å². The Balaban J connectivity index is 1.48. The van der Waals surface area contributed by atoms with Crippen LogP contribution in [0.2, 0.25) is 0 Å². The van der Waals surface area contributed by atoms with Crippen LogP contribution in [-0.2, 0) is 17.6 Å². The molecule has 4 heteroatoms. The summed E-state index contributed by atoms with van der Waals surface area (Å²) in [5.74, 6) is 0.350. The summed E-state index contributed by atoms with van der Waals surface area (Å²) in [6, 6.07) is 6.17. The van der Waals surface area contributed by atoms with Gasteiger partial charge in [0.25, 0.3) is 5.91 Å². The van der Waals surface area contributed by atoms with E-state index in [-0.39, 0.29) is 17.7 Å². The van der Waals surface area contributed by atoms with E-state index in [2.05, 4.69) is 24.4 Å². The predicted molar refractivity (Wildman–Crippen MR) is 99.6 cm³/mol. The first-order chi connectivity index (χ1) is 12.2. The monoisotopic (exact) mass is 342 g/mol. The molecule has 0 unspecified atom stereocenters. The van der Waals surface area contributed by atoms with Crippen molar-refractivity contribution in [3.63, 3.8) is 0 Å². The molecule has 2 amide bonds. The second-order valence-corrected chi connectivity index (χ2v) is 7.40. The summed E-state index contributed by atoms with van der Waals surface area (Å²) in [6.07, 6.45) is 8.36. The fourth-order valence-corrected chi connectivity index (χ4v) is 3.96. The van der Waals surface area contributed by atoms with Gasteiger partial charge in [0.1, 0.15) is 0 Å². The zero-order valence-corrected chi connectivity index (χ0v) is 15.4. The lowest BCUT2D eigenvalue weighted by Crippen LogP contribution is -2.43. The van der Waals surface area contributed by atoms with E-state index < -0.39 is 0 Å². The summed E-state index contributed by atoms with van der Waals surface area (Å²) in [4.78, 5) is 26.9. The number of fused-ring (bicyclic) bond motifs is 1. The molecule has 1 heterocycles. The van der Waals surface area contributed by atoms with Crippen molar-refractivity contribution in [3.05, 3.63) is 34.9 Å². The molecule has 0 spiro atoms. The second-order valence-electron chi connectivity index (χ2n) is 7.40. The molecule has 3 rings (SSSR count). The molecule has 2 aliphatic rings. The molecular weight excluding hydrogens is 312 g/mol. The minimum Gasteiger partial charge on any atom is -0.356 e. The number of unbranched alkanes of at least 4 members (excludes halogenated alkanes) is 2. The van der Waals surface area contributed by atoms with E-state index in [1.807, 2.05) is 11.0 Å². The lowest BCUT2D eigenvalue weighted by molar-refractivity contribution is -0.126. The molecule has 1 aliphatic carbocycles. The van der Waals surface area contributed by atoms with Crippen molar-refractivity contribution >= 4 is 11.8 Å². The van der Waals surface area contributed by atoms with E-state index in [4.69, 9.17) is 0 Å². The number of hydrogen-bond donors (Lipinski definition) is 1. The normalized spacial score (nSPS) is 17.4. The summed E-state index contributed by atoms with van der Waals surface area (Å²) in [7, 11) is 0. The third-order valence-corrected chi connectivity index (χ3v) is 5.58. The van der Waals surface area contributed by atoms with Crippen LogP contribution in [0.25, 0.3) is 0 Å². The zero-order chi connectivity index (χ0) is 17.6. The van der Waals surface area contributed by atoms with Crippen molar-refractivity contribution < 1.29 is 9.59 Å². The number of benzene rings is 1. The van der Waals surface area contributed by atoms with Crippen LogP contribution < -0.4 is 5.32 Å². The summed E-state index contributed by atoms with van der Waals surface area (Å²) < 4.78 is 0. The van der Waals surface area contributed by atoms with Gasteiger partial charge in [-0.2, -0.15) is 0 Å². The largest absolute Gasteiger partial charge is 0.356 e. The molecule has 1 aromatic rings. The lowest BCUT2D eigenvalue weighted by Gasteiger charge is -2.31. The number of hydrogen-bond acceptors (Lipinski definition) is 2. The molecule has 0 bridgehead atoms. The number of carbonyl (C=O) groups excluding carboxylic acids is 2. The Kier molecular flexibility index (Phi) is 6.11. The third-order valence-electron chi connectivity index (χ3n) is 5.58. The Morgan fingerprint density at radius 1 is 1.12 bits per heavy atom. The smallest absolute Gasteiger partial charge is 0.253 e. The summed E-state index contributed by atoms with van der Waals surface area (Å²) in [5.41, 5.74) is 3.55. The van der Waals surface area contributed by atoms with Crippen molar-refractivity contribution in [2.75, 3.05) is 19.6 Å². The number of amides is 2. The second kappa shape index (κ2) is 8.50. The van der Waals surface area contributed by atoms with Gasteiger partial charge in [0.05, 0.1) is 0 Å². The molecule has 0 aromatic heterocycles. The van der Waals surface area contributed by atoms with Crippen LogP contribution in [-0.4, -0.2) is 36.3 Å². The first kappa shape index (κ1) is 18.0. The molecule has 4 nitrogen and oxygen atoms in total. The minimum atomic E-state index is 0.0608. The topological polar surface area (TPSA) is 49.4 Å². The summed E-state index contributed by atoms with van der Waals surface area (Å²) in [6.45, 7) is 4.31. The van der Waals surface area contributed by atoms with Gasteiger partial charge in [-0.15, -0.1) is 0 Å². The first-order valence-electron chi connectivity index (χ1n) is 9.88. The van der Waals surface area contributed by atoms with E-state index in [1.54, 1.807) is 0 Å². The van der Waals surface area contributed by atoms with Gasteiger partial charge in [-0.3, -0.25) is 9.59 Å². The van der Waals surface area contributed by atoms with Gasteiger partial charge in [0.15, 0.2) is 0 Å². The zero-order valence-electron chi connectivity index (χ0n) is 15.4. The standard InChI is InChI=1S/C21H30N2O2/c1-2-3-4-12-22-20(24)17-10-13-23(14-11-17)21(25)19-9-8-16-6-5-7-18(16)15-19/h8-9,15,17H,2-7,10-14H2,1H3,(H,22,24). The average molecular weight is 342 g/mol. The van der Waals surface area contributed by atoms with Crippen LogP contribution in [0.5, 0.6) is 0 Å². The molecule has 1 aliphatic heterocycles. The molecule has 136 valence electrons. The molecule has 25 heavy (non-hydrogen) atoms. The van der Waals surface area contributed by atoms with Crippen molar-refractivity contribution in [1.82, 2.24) is 10.2 Å². The predicted octanol–water partition coefficient (Wildman–Crippen LogP) is 3.33. The number of rotatable bonds is 6. The van der Waals surface area contributed by atoms with Crippen molar-refractivity contribution in [2.45, 2.75) is 58.3 Å². The fraction of sp³-hybridized carbons (Fsp3) is 0.619. The van der Waals surface area contributed by atoms with Gasteiger partial charge in [0, 0.05) is 31.1 Å². The van der Waals surface area contributed by atoms with E-state index >= 15 is 0 Å². The van der Waals surface area contributed by atoms with E-state index in [0.717, 1.165) is 50.6 Å². The highest BCUT2D eigenvalue weighted by Crippen LogP contribution is 2.25. The molecule has 1 aromatic carbocycles. The maximum absolute atomic E-state index is 12.7. The van der Waals surface area contributed by atoms with Crippen molar-refractivity contribution in [2.24, 2.45) is 5.92 Å². The number of likely N-dealkylation sites (tertiary alicyclic amines) is 1. The van der Waals surface area contributed by atoms with Crippen LogP contribution in [0.3, 0.4) is 0 Å². The van der Waals surface area contributed by atoms with Gasteiger partial charge >= 0.3 is 0 Å². The molecular formula is C21H30N2O2. The van der Waals surface area contributed by atoms with Gasteiger partial charge in [0.2, 0.25) is 5.91 Å². The number of nitrogens with zero attached hydrogens (tertiary/aromatic N) is 1. The molecule has 1 saturated heterocycles. The molecule has 0 atom stereocenters. The van der Waals surface area contributed by atoms with Crippen LogP contribution >= 0.6 is 0 Å². The Morgan fingerprint density at radius 3 is 2.64 bits per heavy atom. The molecule has 1 N–H and O–H groups in total. The van der Waals surface area contributed by atoms with Gasteiger partial charge in [-0.1, -0.05) is 25.8 Å². The van der Waals surface area contributed by atoms with E-state index in [0.29, 0.717) is 13.1 Å². The molecule has 1 fully saturated rings. The maximum atomic E-state index is 12.7. The number of nitrogens with one attached hydrogen (secondary N) is 1. The van der Waals surface area contributed by atoms with Gasteiger partial charge in [-0.25, -0.2) is 0 Å². The average Bonchev–Trinajstić information content (AvgIpc) is 3.12. The van der Waals surface area contributed by atoms with E-state index in [9.17, 15) is 9.59 Å². The van der Waals surface area contributed by atoms with Crippen molar-refractivity contribution in [1.29, 1.82) is 0 Å². The van der Waals surface area contributed by atoms with Gasteiger partial charge in [-0.05, 0) is 61.8 Å². The number of aryl methyl sites for hydroxylation is 2. The Morgan fingerprint density at radius 2 is 1.88 bits per heavy atom. The first-order valence-corrected chi connectivity index (χ1v) is 9.88. The van der Waals surface area contributed by atoms with Crippen LogP contribution in [0.4, 0.5) is 0 Å². The highest BCUT2D eigenvalue weighted by Gasteiger charge is 2.28. The van der Waals surface area contributed by atoms with Crippen LogP contribution in [0, 0.1) is 5.92 Å². The minimum absolute atomic E-state index is 0.0608. The number of carbonyl (C=O) groups is 2. The summed E-state index contributed by atoms with van der Waals surface area (Å²) >= 11 is 0. The molecule has 0 saturated carbocycles. The third kappa shape index (κ3) is 4.42.